The standard InChI is InChI=1S/C8H12N4O/c9-7-8(10)12-6(5-11-7)3-1-2-4-13/h1,3,5,13H,2,4H2,(H2,9,11)(H2,10,12). The van der Waals surface area contributed by atoms with Crippen LogP contribution in [0.2, 0.25) is 0 Å². The highest BCUT2D eigenvalue weighted by Crippen LogP contribution is 2.08. The van der Waals surface area contributed by atoms with Gasteiger partial charge >= 0.3 is 0 Å². The maximum Gasteiger partial charge on any atom is 0.166 e. The van der Waals surface area contributed by atoms with Gasteiger partial charge in [-0.25, -0.2) is 9.97 Å². The molecule has 0 saturated carbocycles. The maximum atomic E-state index is 8.51. The number of aliphatic hydroxyl groups is 1. The van der Waals surface area contributed by atoms with Crippen LogP contribution in [-0.2, 0) is 0 Å². The Morgan fingerprint density at radius 1 is 1.38 bits per heavy atom. The summed E-state index contributed by atoms with van der Waals surface area (Å²) in [7, 11) is 0. The normalized spacial score (nSPS) is 10.8. The summed E-state index contributed by atoms with van der Waals surface area (Å²) in [5, 5.41) is 8.51. The lowest BCUT2D eigenvalue weighted by atomic mass is 10.3. The lowest BCUT2D eigenvalue weighted by molar-refractivity contribution is 0.303. The van der Waals surface area contributed by atoms with Crippen molar-refractivity contribution in [2.75, 3.05) is 18.1 Å². The van der Waals surface area contributed by atoms with Crippen molar-refractivity contribution in [3.63, 3.8) is 0 Å². The highest BCUT2D eigenvalue weighted by atomic mass is 16.2. The first-order chi connectivity index (χ1) is 6.24. The van der Waals surface area contributed by atoms with Crippen LogP contribution in [0.15, 0.2) is 12.3 Å². The second-order valence-corrected chi connectivity index (χ2v) is 2.48. The molecular formula is C8H12N4O. The fourth-order valence-electron chi connectivity index (χ4n) is 0.786. The molecule has 0 saturated heterocycles. The Hall–Kier alpha value is -1.62. The van der Waals surface area contributed by atoms with Gasteiger partial charge in [-0.1, -0.05) is 6.08 Å². The summed E-state index contributed by atoms with van der Waals surface area (Å²) < 4.78 is 0. The predicted octanol–water partition coefficient (Wildman–Crippen LogP) is 0.0366. The van der Waals surface area contributed by atoms with E-state index in [4.69, 9.17) is 16.6 Å². The SMILES string of the molecule is Nc1ncc(C=CCCO)nc1N. The first kappa shape index (κ1) is 9.47. The number of nitrogens with two attached hydrogens (primary N) is 2. The Labute approximate surface area is 76.1 Å². The van der Waals surface area contributed by atoms with E-state index in [2.05, 4.69) is 9.97 Å². The second-order valence-electron chi connectivity index (χ2n) is 2.48. The minimum atomic E-state index is 0.119. The fraction of sp³-hybridized carbons (Fsp3) is 0.250. The molecule has 0 aliphatic rings. The van der Waals surface area contributed by atoms with E-state index in [9.17, 15) is 0 Å². The van der Waals surface area contributed by atoms with Gasteiger partial charge in [0.2, 0.25) is 0 Å². The van der Waals surface area contributed by atoms with Crippen LogP contribution in [0.4, 0.5) is 11.6 Å². The van der Waals surface area contributed by atoms with Crippen LogP contribution in [0.3, 0.4) is 0 Å². The minimum Gasteiger partial charge on any atom is -0.396 e. The Bertz CT molecular complexity index is 311. The van der Waals surface area contributed by atoms with E-state index in [0.29, 0.717) is 12.1 Å². The smallest absolute Gasteiger partial charge is 0.166 e. The molecule has 0 fully saturated rings. The highest BCUT2D eigenvalue weighted by molar-refractivity contribution is 5.55. The minimum absolute atomic E-state index is 0.119. The quantitative estimate of drug-likeness (QED) is 0.610. The summed E-state index contributed by atoms with van der Waals surface area (Å²) in [6, 6.07) is 0. The van der Waals surface area contributed by atoms with Gasteiger partial charge in [-0.15, -0.1) is 0 Å². The molecule has 0 aliphatic carbocycles. The fourth-order valence-corrected chi connectivity index (χ4v) is 0.786. The third-order valence-electron chi connectivity index (χ3n) is 1.43. The molecule has 0 bridgehead atoms. The number of nitrogens with zero attached hydrogens (tertiary/aromatic N) is 2. The van der Waals surface area contributed by atoms with Crippen LogP contribution in [-0.4, -0.2) is 21.7 Å². The van der Waals surface area contributed by atoms with Crippen LogP contribution in [0, 0.1) is 0 Å². The number of anilines is 2. The Balaban J connectivity index is 2.73. The third kappa shape index (κ3) is 2.72. The van der Waals surface area contributed by atoms with E-state index >= 15 is 0 Å². The molecule has 70 valence electrons. The van der Waals surface area contributed by atoms with E-state index in [1.807, 2.05) is 0 Å². The molecule has 0 radical (unpaired) electrons. The number of aliphatic hydroxyl groups excluding tert-OH is 1. The summed E-state index contributed by atoms with van der Waals surface area (Å²) in [5.74, 6) is 0.463. The topological polar surface area (TPSA) is 98.0 Å². The van der Waals surface area contributed by atoms with Gasteiger partial charge in [-0.3, -0.25) is 0 Å². The Morgan fingerprint density at radius 2 is 2.15 bits per heavy atom. The first-order valence-electron chi connectivity index (χ1n) is 3.89. The van der Waals surface area contributed by atoms with Crippen molar-refractivity contribution in [3.05, 3.63) is 18.0 Å². The summed E-state index contributed by atoms with van der Waals surface area (Å²) in [6.45, 7) is 0.119. The second kappa shape index (κ2) is 4.42. The largest absolute Gasteiger partial charge is 0.396 e. The van der Waals surface area contributed by atoms with Gasteiger partial charge in [0, 0.05) is 6.61 Å². The van der Waals surface area contributed by atoms with Crippen molar-refractivity contribution in [2.24, 2.45) is 0 Å². The van der Waals surface area contributed by atoms with Crippen LogP contribution in [0.5, 0.6) is 0 Å². The summed E-state index contributed by atoms with van der Waals surface area (Å²) in [4.78, 5) is 7.80. The maximum absolute atomic E-state index is 8.51. The number of hydrogen-bond acceptors (Lipinski definition) is 5. The molecule has 5 heteroatoms. The van der Waals surface area contributed by atoms with Gasteiger partial charge in [-0.2, -0.15) is 0 Å². The molecule has 0 amide bonds. The highest BCUT2D eigenvalue weighted by Gasteiger charge is 1.96. The van der Waals surface area contributed by atoms with Crippen LogP contribution in [0.1, 0.15) is 12.1 Å². The lowest BCUT2D eigenvalue weighted by Crippen LogP contribution is -2.01. The summed E-state index contributed by atoms with van der Waals surface area (Å²) in [6.07, 6.45) is 5.64. The monoisotopic (exact) mass is 180 g/mol. The number of hydrogen-bond donors (Lipinski definition) is 3. The Kier molecular flexibility index (Phi) is 3.22. The molecule has 1 rings (SSSR count). The van der Waals surface area contributed by atoms with Gasteiger partial charge in [0.1, 0.15) is 0 Å². The molecule has 1 aromatic heterocycles. The molecule has 5 N–H and O–H groups in total. The first-order valence-corrected chi connectivity index (χ1v) is 3.89. The molecule has 0 spiro atoms. The zero-order valence-electron chi connectivity index (χ0n) is 7.14. The van der Waals surface area contributed by atoms with Crippen LogP contribution >= 0.6 is 0 Å². The van der Waals surface area contributed by atoms with Gasteiger partial charge in [0.25, 0.3) is 0 Å². The number of aromatic nitrogens is 2. The molecule has 5 nitrogen and oxygen atoms in total. The Morgan fingerprint density at radius 3 is 2.77 bits per heavy atom. The number of nitrogen functional groups attached to an aromatic ring is 2. The third-order valence-corrected chi connectivity index (χ3v) is 1.43. The van der Waals surface area contributed by atoms with E-state index < -0.39 is 0 Å². The molecule has 0 aliphatic heterocycles. The van der Waals surface area contributed by atoms with Crippen molar-refractivity contribution in [2.45, 2.75) is 6.42 Å². The zero-order valence-corrected chi connectivity index (χ0v) is 7.14. The molecule has 1 aromatic rings. The van der Waals surface area contributed by atoms with E-state index in [1.54, 1.807) is 12.2 Å². The van der Waals surface area contributed by atoms with Crippen molar-refractivity contribution < 1.29 is 5.11 Å². The molecule has 0 aromatic carbocycles. The zero-order chi connectivity index (χ0) is 9.68. The van der Waals surface area contributed by atoms with Gasteiger partial charge in [-0.05, 0) is 12.5 Å². The van der Waals surface area contributed by atoms with Crippen LogP contribution in [0.25, 0.3) is 6.08 Å². The van der Waals surface area contributed by atoms with E-state index in [0.717, 1.165) is 0 Å². The number of rotatable bonds is 3. The van der Waals surface area contributed by atoms with Crippen molar-refractivity contribution in [1.29, 1.82) is 0 Å². The van der Waals surface area contributed by atoms with E-state index in [-0.39, 0.29) is 18.2 Å². The van der Waals surface area contributed by atoms with E-state index in [1.165, 1.54) is 6.20 Å². The molecular weight excluding hydrogens is 168 g/mol. The van der Waals surface area contributed by atoms with Crippen molar-refractivity contribution in [1.82, 2.24) is 9.97 Å². The summed E-state index contributed by atoms with van der Waals surface area (Å²) in [5.41, 5.74) is 11.5. The van der Waals surface area contributed by atoms with Gasteiger partial charge in [0.05, 0.1) is 11.9 Å². The van der Waals surface area contributed by atoms with Crippen LogP contribution < -0.4 is 11.5 Å². The average Bonchev–Trinajstić information content (AvgIpc) is 2.12. The molecule has 0 atom stereocenters. The van der Waals surface area contributed by atoms with Gasteiger partial charge < -0.3 is 16.6 Å². The molecule has 1 heterocycles. The van der Waals surface area contributed by atoms with Crippen molar-refractivity contribution in [3.8, 4) is 0 Å². The average molecular weight is 180 g/mol. The van der Waals surface area contributed by atoms with Gasteiger partial charge in [0.15, 0.2) is 11.6 Å². The predicted molar refractivity (Wildman–Crippen MR) is 51.6 cm³/mol. The lowest BCUT2D eigenvalue weighted by Gasteiger charge is -1.97. The van der Waals surface area contributed by atoms with Crippen molar-refractivity contribution >= 4 is 17.7 Å². The summed E-state index contributed by atoms with van der Waals surface area (Å²) >= 11 is 0. The molecule has 13 heavy (non-hydrogen) atoms. The molecule has 0 unspecified atom stereocenters.